The van der Waals surface area contributed by atoms with E-state index in [4.69, 9.17) is 0 Å². The van der Waals surface area contributed by atoms with Crippen molar-refractivity contribution in [2.24, 2.45) is 0 Å². The minimum Gasteiger partial charge on any atom is -0.508 e. The normalized spacial score (nSPS) is 11.2. The molecular formula is C17H15N3O4S. The van der Waals surface area contributed by atoms with Gasteiger partial charge in [0.05, 0.1) is 16.3 Å². The van der Waals surface area contributed by atoms with Crippen LogP contribution in [0, 0.1) is 0 Å². The van der Waals surface area contributed by atoms with Crippen LogP contribution in [0.2, 0.25) is 0 Å². The number of carbonyl (C=O) groups is 1. The second-order valence-electron chi connectivity index (χ2n) is 5.40. The lowest BCUT2D eigenvalue weighted by atomic mass is 10.1. The smallest absolute Gasteiger partial charge is 0.212 e. The maximum Gasteiger partial charge on any atom is 0.212 e. The Balaban J connectivity index is 2.11. The molecule has 0 saturated heterocycles. The highest BCUT2D eigenvalue weighted by molar-refractivity contribution is 7.90. The molecule has 0 aliphatic rings. The lowest BCUT2D eigenvalue weighted by Gasteiger charge is -2.08. The van der Waals surface area contributed by atoms with Crippen LogP contribution in [0.25, 0.3) is 16.9 Å². The van der Waals surface area contributed by atoms with Gasteiger partial charge in [-0.1, -0.05) is 12.1 Å². The molecule has 1 heterocycles. The predicted molar refractivity (Wildman–Crippen MR) is 93.5 cm³/mol. The number of aromatic nitrogens is 2. The molecule has 1 aromatic heterocycles. The van der Waals surface area contributed by atoms with Gasteiger partial charge in [0.1, 0.15) is 5.75 Å². The Kier molecular flexibility index (Phi) is 4.28. The number of nitrogens with one attached hydrogen (secondary N) is 1. The molecule has 0 fully saturated rings. The Morgan fingerprint density at radius 3 is 2.28 bits per heavy atom. The van der Waals surface area contributed by atoms with E-state index in [1.54, 1.807) is 35.0 Å². The molecule has 0 aliphatic heterocycles. The van der Waals surface area contributed by atoms with Crippen molar-refractivity contribution in [3.63, 3.8) is 0 Å². The summed E-state index contributed by atoms with van der Waals surface area (Å²) in [5.74, 6) is 0.478. The van der Waals surface area contributed by atoms with Gasteiger partial charge in [-0.2, -0.15) is 0 Å². The molecule has 8 heteroatoms. The van der Waals surface area contributed by atoms with E-state index in [9.17, 15) is 18.3 Å². The number of phenols is 1. The molecule has 3 rings (SSSR count). The highest BCUT2D eigenvalue weighted by Gasteiger charge is 2.13. The molecule has 25 heavy (non-hydrogen) atoms. The summed E-state index contributed by atoms with van der Waals surface area (Å²) in [5.41, 5.74) is 2.07. The molecule has 0 aliphatic carbocycles. The average molecular weight is 357 g/mol. The lowest BCUT2D eigenvalue weighted by molar-refractivity contribution is -0.105. The summed E-state index contributed by atoms with van der Waals surface area (Å²) in [4.78, 5) is 10.9. The number of aromatic hydroxyl groups is 1. The molecule has 2 aromatic carbocycles. The number of nitrogens with zero attached hydrogens (tertiary/aromatic N) is 2. The topological polar surface area (TPSA) is 101 Å². The Bertz CT molecular complexity index is 1010. The van der Waals surface area contributed by atoms with Crippen LogP contribution >= 0.6 is 0 Å². The number of rotatable bonds is 5. The zero-order valence-electron chi connectivity index (χ0n) is 13.2. The van der Waals surface area contributed by atoms with E-state index in [1.807, 2.05) is 0 Å². The number of anilines is 1. The molecule has 3 aromatic rings. The van der Waals surface area contributed by atoms with Crippen LogP contribution in [0.3, 0.4) is 0 Å². The number of phenolic OH excluding ortho intramolecular Hbond substituents is 1. The van der Waals surface area contributed by atoms with E-state index in [2.05, 4.69) is 10.4 Å². The molecule has 0 atom stereocenters. The summed E-state index contributed by atoms with van der Waals surface area (Å²) in [7, 11) is -3.28. The van der Waals surface area contributed by atoms with Crippen molar-refractivity contribution in [1.82, 2.24) is 9.78 Å². The van der Waals surface area contributed by atoms with Gasteiger partial charge in [0.25, 0.3) is 0 Å². The molecular weight excluding hydrogens is 342 g/mol. The minimum atomic E-state index is -3.28. The summed E-state index contributed by atoms with van der Waals surface area (Å²) in [5, 5.41) is 16.3. The summed E-state index contributed by atoms with van der Waals surface area (Å²) in [6.45, 7) is 0. The van der Waals surface area contributed by atoms with Gasteiger partial charge in [-0.15, -0.1) is 5.10 Å². The maximum atomic E-state index is 11.6. The first-order chi connectivity index (χ1) is 11.9. The Labute approximate surface area is 144 Å². The average Bonchev–Trinajstić information content (AvgIpc) is 2.99. The van der Waals surface area contributed by atoms with Crippen LogP contribution in [-0.4, -0.2) is 36.0 Å². The van der Waals surface area contributed by atoms with Crippen LogP contribution in [0.15, 0.2) is 59.5 Å². The van der Waals surface area contributed by atoms with Crippen molar-refractivity contribution in [2.75, 3.05) is 11.6 Å². The summed E-state index contributed by atoms with van der Waals surface area (Å²) in [6.07, 6.45) is 1.68. The first kappa shape index (κ1) is 16.7. The fraction of sp³-hybridized carbons (Fsp3) is 0.0588. The first-order valence-corrected chi connectivity index (χ1v) is 9.18. The van der Waals surface area contributed by atoms with Crippen molar-refractivity contribution in [2.45, 2.75) is 4.90 Å². The Hall–Kier alpha value is -3.13. The largest absolute Gasteiger partial charge is 0.508 e. The molecule has 1 amide bonds. The molecule has 128 valence electrons. The van der Waals surface area contributed by atoms with Crippen molar-refractivity contribution >= 4 is 22.1 Å². The minimum absolute atomic E-state index is 0.126. The van der Waals surface area contributed by atoms with Gasteiger partial charge in [0, 0.05) is 17.9 Å². The molecule has 2 N–H and O–H groups in total. The number of hydrogen-bond acceptors (Lipinski definition) is 5. The van der Waals surface area contributed by atoms with Crippen LogP contribution in [-0.2, 0) is 14.6 Å². The Morgan fingerprint density at radius 1 is 1.08 bits per heavy atom. The molecule has 0 spiro atoms. The highest BCUT2D eigenvalue weighted by Crippen LogP contribution is 2.27. The van der Waals surface area contributed by atoms with Gasteiger partial charge >= 0.3 is 0 Å². The quantitative estimate of drug-likeness (QED) is 0.682. The highest BCUT2D eigenvalue weighted by atomic mass is 32.2. The van der Waals surface area contributed by atoms with E-state index in [0.29, 0.717) is 23.6 Å². The lowest BCUT2D eigenvalue weighted by Crippen LogP contribution is -2.01. The molecule has 0 unspecified atom stereocenters. The maximum absolute atomic E-state index is 11.6. The summed E-state index contributed by atoms with van der Waals surface area (Å²) >= 11 is 0. The number of sulfone groups is 1. The van der Waals surface area contributed by atoms with Gasteiger partial charge in [-0.25, -0.2) is 13.1 Å². The molecule has 0 bridgehead atoms. The zero-order valence-corrected chi connectivity index (χ0v) is 14.1. The third-order valence-corrected chi connectivity index (χ3v) is 4.72. The van der Waals surface area contributed by atoms with Gasteiger partial charge in [0.2, 0.25) is 6.41 Å². The van der Waals surface area contributed by atoms with Gasteiger partial charge in [-0.3, -0.25) is 4.79 Å². The van der Waals surface area contributed by atoms with Crippen LogP contribution in [0.1, 0.15) is 0 Å². The second-order valence-corrected chi connectivity index (χ2v) is 7.42. The standard InChI is InChI=1S/C17H15N3O4S/c1-25(23,24)15-8-2-12(3-9-15)16-10-17(18-11-21)19-20(16)13-4-6-14(22)7-5-13/h2-11,22H,1H3,(H,18,19,21). The molecule has 7 nitrogen and oxygen atoms in total. The van der Waals surface area contributed by atoms with E-state index in [0.717, 1.165) is 11.8 Å². The summed E-state index contributed by atoms with van der Waals surface area (Å²) in [6, 6.07) is 14.5. The molecule has 0 radical (unpaired) electrons. The summed E-state index contributed by atoms with van der Waals surface area (Å²) < 4.78 is 24.8. The van der Waals surface area contributed by atoms with Gasteiger partial charge in [0.15, 0.2) is 15.7 Å². The fourth-order valence-electron chi connectivity index (χ4n) is 2.38. The van der Waals surface area contributed by atoms with E-state index < -0.39 is 9.84 Å². The van der Waals surface area contributed by atoms with Crippen LogP contribution in [0.5, 0.6) is 5.75 Å². The van der Waals surface area contributed by atoms with Crippen molar-refractivity contribution in [1.29, 1.82) is 0 Å². The number of carbonyl (C=O) groups excluding carboxylic acids is 1. The number of amides is 1. The van der Waals surface area contributed by atoms with Crippen molar-refractivity contribution in [3.05, 3.63) is 54.6 Å². The third-order valence-electron chi connectivity index (χ3n) is 3.59. The third kappa shape index (κ3) is 3.53. The van der Waals surface area contributed by atoms with E-state index in [-0.39, 0.29) is 10.6 Å². The van der Waals surface area contributed by atoms with E-state index >= 15 is 0 Å². The van der Waals surface area contributed by atoms with Gasteiger partial charge < -0.3 is 10.4 Å². The predicted octanol–water partition coefficient (Wildman–Crippen LogP) is 2.22. The van der Waals surface area contributed by atoms with Crippen molar-refractivity contribution in [3.8, 4) is 22.7 Å². The van der Waals surface area contributed by atoms with E-state index in [1.165, 1.54) is 24.3 Å². The van der Waals surface area contributed by atoms with Crippen LogP contribution in [0.4, 0.5) is 5.82 Å². The van der Waals surface area contributed by atoms with Crippen molar-refractivity contribution < 1.29 is 18.3 Å². The first-order valence-electron chi connectivity index (χ1n) is 7.28. The second kappa shape index (κ2) is 6.40. The number of benzene rings is 2. The SMILES string of the molecule is CS(=O)(=O)c1ccc(-c2cc(NC=O)nn2-c2ccc(O)cc2)cc1. The number of hydrogen-bond donors (Lipinski definition) is 2. The monoisotopic (exact) mass is 357 g/mol. The van der Waals surface area contributed by atoms with Crippen LogP contribution < -0.4 is 5.32 Å². The van der Waals surface area contributed by atoms with Gasteiger partial charge in [-0.05, 0) is 36.4 Å². The fourth-order valence-corrected chi connectivity index (χ4v) is 3.01. The Morgan fingerprint density at radius 2 is 1.72 bits per heavy atom. The molecule has 0 saturated carbocycles. The zero-order chi connectivity index (χ0) is 18.0.